The van der Waals surface area contributed by atoms with Gasteiger partial charge in [0, 0.05) is 28.6 Å². The Labute approximate surface area is 94.5 Å². The Bertz CT molecular complexity index is 342. The van der Waals surface area contributed by atoms with Crippen LogP contribution in [0.15, 0.2) is 24.3 Å². The molecule has 0 radical (unpaired) electrons. The van der Waals surface area contributed by atoms with E-state index in [4.69, 9.17) is 0 Å². The molecule has 1 aromatic carbocycles. The van der Waals surface area contributed by atoms with Gasteiger partial charge in [0.05, 0.1) is 0 Å². The Hall–Kier alpha value is -0.540. The summed E-state index contributed by atoms with van der Waals surface area (Å²) in [6, 6.07) is 7.19. The van der Waals surface area contributed by atoms with Gasteiger partial charge in [0.15, 0.2) is 0 Å². The van der Waals surface area contributed by atoms with Crippen molar-refractivity contribution < 1.29 is 4.39 Å². The lowest BCUT2D eigenvalue weighted by atomic mass is 10.0. The summed E-state index contributed by atoms with van der Waals surface area (Å²) in [4.78, 5) is 0. The second kappa shape index (κ2) is 4.54. The average Bonchev–Trinajstić information content (AvgIpc) is 2.20. The van der Waals surface area contributed by atoms with Gasteiger partial charge in [-0.2, -0.15) is 11.8 Å². The van der Waals surface area contributed by atoms with Crippen molar-refractivity contribution in [1.29, 1.82) is 0 Å². The molecule has 1 heterocycles. The number of hydrogen-bond donors (Lipinski definition) is 1. The molecular weight excluding hydrogens is 209 g/mol. The van der Waals surface area contributed by atoms with E-state index in [2.05, 4.69) is 19.2 Å². The fourth-order valence-electron chi connectivity index (χ4n) is 2.04. The summed E-state index contributed by atoms with van der Waals surface area (Å²) in [6.45, 7) is 5.31. The minimum absolute atomic E-state index is 0.1000. The van der Waals surface area contributed by atoms with Crippen LogP contribution in [0.2, 0.25) is 0 Å². The fraction of sp³-hybridized carbons (Fsp3) is 0.500. The molecule has 0 spiro atoms. The van der Waals surface area contributed by atoms with E-state index in [1.165, 1.54) is 6.07 Å². The van der Waals surface area contributed by atoms with E-state index in [0.29, 0.717) is 10.5 Å². The maximum absolute atomic E-state index is 13.6. The Morgan fingerprint density at radius 1 is 1.33 bits per heavy atom. The number of benzene rings is 1. The molecule has 0 bridgehead atoms. The van der Waals surface area contributed by atoms with Crippen molar-refractivity contribution in [2.24, 2.45) is 0 Å². The summed E-state index contributed by atoms with van der Waals surface area (Å²) >= 11 is 1.92. The third kappa shape index (κ3) is 2.34. The van der Waals surface area contributed by atoms with Crippen LogP contribution >= 0.6 is 11.8 Å². The monoisotopic (exact) mass is 225 g/mol. The first kappa shape index (κ1) is 11.0. The Morgan fingerprint density at radius 2 is 2.07 bits per heavy atom. The number of rotatable bonds is 1. The quantitative estimate of drug-likeness (QED) is 0.788. The summed E-state index contributed by atoms with van der Waals surface area (Å²) in [5.41, 5.74) is 0.796. The molecule has 0 aromatic heterocycles. The molecule has 15 heavy (non-hydrogen) atoms. The second-order valence-corrected chi connectivity index (χ2v) is 5.88. The molecule has 1 N–H and O–H groups in total. The predicted octanol–water partition coefficient (Wildman–Crippen LogP) is 2.98. The lowest BCUT2D eigenvalue weighted by Gasteiger charge is -2.33. The highest BCUT2D eigenvalue weighted by atomic mass is 32.2. The van der Waals surface area contributed by atoms with Crippen LogP contribution in [-0.2, 0) is 0 Å². The van der Waals surface area contributed by atoms with Crippen molar-refractivity contribution >= 4 is 11.8 Å². The summed E-state index contributed by atoms with van der Waals surface area (Å²) in [7, 11) is 0. The van der Waals surface area contributed by atoms with Gasteiger partial charge in [0.2, 0.25) is 0 Å². The number of nitrogens with one attached hydrogen (secondary N) is 1. The average molecular weight is 225 g/mol. The summed E-state index contributed by atoms with van der Waals surface area (Å²) in [5, 5.41) is 4.45. The molecule has 1 fully saturated rings. The van der Waals surface area contributed by atoms with Crippen LogP contribution in [0, 0.1) is 5.82 Å². The van der Waals surface area contributed by atoms with Gasteiger partial charge in [-0.25, -0.2) is 4.39 Å². The highest BCUT2D eigenvalue weighted by Gasteiger charge is 2.28. The maximum Gasteiger partial charge on any atom is 0.128 e. The first-order valence-electron chi connectivity index (χ1n) is 5.31. The number of thioether (sulfide) groups is 1. The lowest BCUT2D eigenvalue weighted by Crippen LogP contribution is -2.39. The summed E-state index contributed by atoms with van der Waals surface area (Å²) in [5.74, 6) is -0.1000. The van der Waals surface area contributed by atoms with Crippen LogP contribution in [0.4, 0.5) is 4.39 Å². The van der Waals surface area contributed by atoms with Crippen LogP contribution in [-0.4, -0.2) is 17.0 Å². The van der Waals surface area contributed by atoms with E-state index < -0.39 is 0 Å². The van der Waals surface area contributed by atoms with Gasteiger partial charge < -0.3 is 5.32 Å². The predicted molar refractivity (Wildman–Crippen MR) is 63.7 cm³/mol. The third-order valence-corrected chi connectivity index (χ3v) is 4.11. The van der Waals surface area contributed by atoms with Crippen LogP contribution < -0.4 is 5.32 Å². The fourth-order valence-corrected chi connectivity index (χ4v) is 3.37. The molecule has 1 aliphatic heterocycles. The van der Waals surface area contributed by atoms with Crippen molar-refractivity contribution in [1.82, 2.24) is 5.32 Å². The van der Waals surface area contributed by atoms with Gasteiger partial charge in [0.25, 0.3) is 0 Å². The molecule has 82 valence electrons. The standard InChI is InChI=1S/C12H16FNS/c1-8-7-14-12(9(2)15-8)10-5-3-4-6-11(10)13/h3-6,8-9,12,14H,7H2,1-2H3. The minimum atomic E-state index is -0.1000. The first-order chi connectivity index (χ1) is 7.18. The summed E-state index contributed by atoms with van der Waals surface area (Å²) < 4.78 is 13.6. The largest absolute Gasteiger partial charge is 0.308 e. The first-order valence-corrected chi connectivity index (χ1v) is 6.26. The van der Waals surface area contributed by atoms with Crippen molar-refractivity contribution in [3.63, 3.8) is 0 Å². The molecular formula is C12H16FNS. The van der Waals surface area contributed by atoms with Gasteiger partial charge in [-0.15, -0.1) is 0 Å². The molecule has 3 unspecified atom stereocenters. The molecule has 2 rings (SSSR count). The van der Waals surface area contributed by atoms with E-state index >= 15 is 0 Å². The van der Waals surface area contributed by atoms with Crippen LogP contribution in [0.25, 0.3) is 0 Å². The van der Waals surface area contributed by atoms with Crippen molar-refractivity contribution in [2.75, 3.05) is 6.54 Å². The zero-order valence-electron chi connectivity index (χ0n) is 9.03. The molecule has 0 amide bonds. The van der Waals surface area contributed by atoms with Crippen LogP contribution in [0.1, 0.15) is 25.5 Å². The van der Waals surface area contributed by atoms with Gasteiger partial charge in [-0.1, -0.05) is 32.0 Å². The zero-order chi connectivity index (χ0) is 10.8. The lowest BCUT2D eigenvalue weighted by molar-refractivity contribution is 0.483. The molecule has 1 aromatic rings. The van der Waals surface area contributed by atoms with Crippen LogP contribution in [0.5, 0.6) is 0 Å². The van der Waals surface area contributed by atoms with Crippen molar-refractivity contribution in [3.8, 4) is 0 Å². The summed E-state index contributed by atoms with van der Waals surface area (Å²) in [6.07, 6.45) is 0. The molecule has 0 aliphatic carbocycles. The topological polar surface area (TPSA) is 12.0 Å². The van der Waals surface area contributed by atoms with Crippen molar-refractivity contribution in [3.05, 3.63) is 35.6 Å². The smallest absolute Gasteiger partial charge is 0.128 e. The van der Waals surface area contributed by atoms with E-state index in [-0.39, 0.29) is 11.9 Å². The zero-order valence-corrected chi connectivity index (χ0v) is 9.85. The SMILES string of the molecule is CC1CNC(c2ccccc2F)C(C)S1. The van der Waals surface area contributed by atoms with Crippen LogP contribution in [0.3, 0.4) is 0 Å². The molecule has 1 saturated heterocycles. The van der Waals surface area contributed by atoms with E-state index in [9.17, 15) is 4.39 Å². The van der Waals surface area contributed by atoms with Crippen molar-refractivity contribution in [2.45, 2.75) is 30.4 Å². The second-order valence-electron chi connectivity index (χ2n) is 4.06. The highest BCUT2D eigenvalue weighted by Crippen LogP contribution is 2.33. The van der Waals surface area contributed by atoms with Gasteiger partial charge in [0.1, 0.15) is 5.82 Å². The Morgan fingerprint density at radius 3 is 2.73 bits per heavy atom. The Kier molecular flexibility index (Phi) is 3.32. The number of hydrogen-bond acceptors (Lipinski definition) is 2. The molecule has 3 heteroatoms. The number of halogens is 1. The molecule has 0 saturated carbocycles. The minimum Gasteiger partial charge on any atom is -0.308 e. The molecule has 1 nitrogen and oxygen atoms in total. The third-order valence-electron chi connectivity index (χ3n) is 2.78. The van der Waals surface area contributed by atoms with Gasteiger partial charge in [-0.3, -0.25) is 0 Å². The Balaban J connectivity index is 2.20. The van der Waals surface area contributed by atoms with Gasteiger partial charge in [-0.05, 0) is 6.07 Å². The van der Waals surface area contributed by atoms with Gasteiger partial charge >= 0.3 is 0 Å². The van der Waals surface area contributed by atoms with E-state index in [1.807, 2.05) is 23.9 Å². The normalized spacial score (nSPS) is 31.5. The van der Waals surface area contributed by atoms with E-state index in [1.54, 1.807) is 6.07 Å². The molecule has 3 atom stereocenters. The maximum atomic E-state index is 13.6. The highest BCUT2D eigenvalue weighted by molar-refractivity contribution is 8.00. The molecule has 1 aliphatic rings. The van der Waals surface area contributed by atoms with E-state index in [0.717, 1.165) is 12.1 Å².